The second-order valence-corrected chi connectivity index (χ2v) is 5.90. The molecule has 17 heavy (non-hydrogen) atoms. The molecule has 0 aliphatic carbocycles. The average molecular weight is 299 g/mol. The smallest absolute Gasteiger partial charge is 0.242 e. The Balaban J connectivity index is 2.90. The molecule has 0 fully saturated rings. The van der Waals surface area contributed by atoms with E-state index < -0.39 is 16.1 Å². The molecule has 1 aromatic carbocycles. The highest BCUT2D eigenvalue weighted by Crippen LogP contribution is 2.24. The Morgan fingerprint density at radius 2 is 2.06 bits per heavy atom. The minimum Gasteiger partial charge on any atom is -0.390 e. The van der Waals surface area contributed by atoms with Gasteiger partial charge in [-0.3, -0.25) is 0 Å². The molecule has 1 rings (SSSR count). The van der Waals surface area contributed by atoms with Gasteiger partial charge in [-0.05, 0) is 18.2 Å². The van der Waals surface area contributed by atoms with Crippen LogP contribution in [0.3, 0.4) is 0 Å². The van der Waals surface area contributed by atoms with Gasteiger partial charge in [0.1, 0.15) is 4.90 Å². The number of nitrogens with two attached hydrogens (primary N) is 1. The van der Waals surface area contributed by atoms with Crippen LogP contribution in [-0.4, -0.2) is 32.7 Å². The van der Waals surface area contributed by atoms with Gasteiger partial charge in [0.05, 0.1) is 11.1 Å². The molecule has 1 unspecified atom stereocenters. The SMILES string of the molecule is NCC(O)CNS(=O)(=O)c1ccc(Cl)cc1Cl. The van der Waals surface area contributed by atoms with Crippen molar-refractivity contribution < 1.29 is 13.5 Å². The van der Waals surface area contributed by atoms with Gasteiger partial charge < -0.3 is 10.8 Å². The first-order valence-electron chi connectivity index (χ1n) is 4.69. The van der Waals surface area contributed by atoms with Gasteiger partial charge in [-0.1, -0.05) is 23.2 Å². The molecule has 0 spiro atoms. The summed E-state index contributed by atoms with van der Waals surface area (Å²) in [4.78, 5) is -0.0900. The number of halogens is 2. The quantitative estimate of drug-likeness (QED) is 0.742. The largest absolute Gasteiger partial charge is 0.390 e. The molecule has 0 aliphatic heterocycles. The highest BCUT2D eigenvalue weighted by Gasteiger charge is 2.18. The second-order valence-electron chi connectivity index (χ2n) is 3.32. The summed E-state index contributed by atoms with van der Waals surface area (Å²) in [7, 11) is -3.77. The molecule has 8 heteroatoms. The summed E-state index contributed by atoms with van der Waals surface area (Å²) in [5.74, 6) is 0. The highest BCUT2D eigenvalue weighted by molar-refractivity contribution is 7.89. The summed E-state index contributed by atoms with van der Waals surface area (Å²) in [6, 6.07) is 4.04. The zero-order valence-corrected chi connectivity index (χ0v) is 11.1. The van der Waals surface area contributed by atoms with Crippen LogP contribution in [0, 0.1) is 0 Å². The van der Waals surface area contributed by atoms with Crippen LogP contribution < -0.4 is 10.5 Å². The van der Waals surface area contributed by atoms with E-state index in [1.54, 1.807) is 0 Å². The molecule has 96 valence electrons. The normalized spacial score (nSPS) is 13.6. The molecule has 4 N–H and O–H groups in total. The molecule has 0 saturated carbocycles. The molecule has 0 aliphatic rings. The summed E-state index contributed by atoms with van der Waals surface area (Å²) in [5, 5.41) is 9.54. The highest BCUT2D eigenvalue weighted by atomic mass is 35.5. The van der Waals surface area contributed by atoms with E-state index in [0.717, 1.165) is 0 Å². The van der Waals surface area contributed by atoms with E-state index in [9.17, 15) is 13.5 Å². The maximum absolute atomic E-state index is 11.8. The van der Waals surface area contributed by atoms with Gasteiger partial charge in [0.2, 0.25) is 10.0 Å². The molecule has 0 amide bonds. The number of rotatable bonds is 5. The van der Waals surface area contributed by atoms with Crippen LogP contribution >= 0.6 is 23.2 Å². The third-order valence-corrected chi connectivity index (χ3v) is 4.11. The molecule has 5 nitrogen and oxygen atoms in total. The van der Waals surface area contributed by atoms with Crippen molar-refractivity contribution in [2.24, 2.45) is 5.73 Å². The van der Waals surface area contributed by atoms with E-state index in [1.165, 1.54) is 18.2 Å². The van der Waals surface area contributed by atoms with Crippen molar-refractivity contribution in [2.75, 3.05) is 13.1 Å². The monoisotopic (exact) mass is 298 g/mol. The Labute approximate surface area is 110 Å². The minimum atomic E-state index is -3.77. The van der Waals surface area contributed by atoms with Crippen LogP contribution in [0.5, 0.6) is 0 Å². The van der Waals surface area contributed by atoms with Crippen molar-refractivity contribution in [3.63, 3.8) is 0 Å². The number of aliphatic hydroxyl groups is 1. The van der Waals surface area contributed by atoms with E-state index in [2.05, 4.69) is 4.72 Å². The Kier molecular flexibility index (Phi) is 5.18. The number of hydrogen-bond donors (Lipinski definition) is 3. The van der Waals surface area contributed by atoms with Crippen molar-refractivity contribution in [3.05, 3.63) is 28.2 Å². The third kappa shape index (κ3) is 4.09. The van der Waals surface area contributed by atoms with Gasteiger partial charge in [-0.25, -0.2) is 13.1 Å². The fraction of sp³-hybridized carbons (Fsp3) is 0.333. The second kappa shape index (κ2) is 5.99. The summed E-state index contributed by atoms with van der Waals surface area (Å²) < 4.78 is 25.8. The van der Waals surface area contributed by atoms with Gasteiger partial charge in [-0.2, -0.15) is 0 Å². The standard InChI is InChI=1S/C9H12Cl2N2O3S/c10-6-1-2-9(8(11)3-6)17(15,16)13-5-7(14)4-12/h1-3,7,13-14H,4-5,12H2. The zero-order valence-electron chi connectivity index (χ0n) is 8.73. The predicted molar refractivity (Wildman–Crippen MR) is 66.7 cm³/mol. The van der Waals surface area contributed by atoms with Crippen LogP contribution in [-0.2, 0) is 10.0 Å². The van der Waals surface area contributed by atoms with Crippen molar-refractivity contribution >= 4 is 33.2 Å². The number of benzene rings is 1. The lowest BCUT2D eigenvalue weighted by atomic mass is 10.4. The van der Waals surface area contributed by atoms with Crippen LogP contribution in [0.1, 0.15) is 0 Å². The third-order valence-electron chi connectivity index (χ3n) is 1.96. The molecular weight excluding hydrogens is 287 g/mol. The first-order chi connectivity index (χ1) is 7.86. The molecule has 1 atom stereocenters. The van der Waals surface area contributed by atoms with E-state index in [0.29, 0.717) is 5.02 Å². The minimum absolute atomic E-state index is 0.0206. The summed E-state index contributed by atoms with van der Waals surface area (Å²) in [6.07, 6.45) is -0.934. The lowest BCUT2D eigenvalue weighted by Crippen LogP contribution is -2.36. The van der Waals surface area contributed by atoms with E-state index >= 15 is 0 Å². The Morgan fingerprint density at radius 1 is 1.41 bits per heavy atom. The molecule has 0 heterocycles. The van der Waals surface area contributed by atoms with Crippen LogP contribution in [0.2, 0.25) is 10.0 Å². The maximum atomic E-state index is 11.8. The van der Waals surface area contributed by atoms with Crippen LogP contribution in [0.15, 0.2) is 23.1 Å². The van der Waals surface area contributed by atoms with Crippen LogP contribution in [0.4, 0.5) is 0 Å². The summed E-state index contributed by atoms with van der Waals surface area (Å²) >= 11 is 11.4. The number of aliphatic hydroxyl groups excluding tert-OH is 1. The van der Waals surface area contributed by atoms with Gasteiger partial charge in [0.25, 0.3) is 0 Å². The molecular formula is C9H12Cl2N2O3S. The lowest BCUT2D eigenvalue weighted by Gasteiger charge is -2.11. The van der Waals surface area contributed by atoms with Crippen molar-refractivity contribution in [3.8, 4) is 0 Å². The number of hydrogen-bond acceptors (Lipinski definition) is 4. The fourth-order valence-corrected chi connectivity index (χ4v) is 2.90. The van der Waals surface area contributed by atoms with Crippen LogP contribution in [0.25, 0.3) is 0 Å². The molecule has 0 aromatic heterocycles. The molecule has 0 radical (unpaired) electrons. The zero-order chi connectivity index (χ0) is 13.1. The van der Waals surface area contributed by atoms with Gasteiger partial charge in [0.15, 0.2) is 0 Å². The topological polar surface area (TPSA) is 92.4 Å². The Morgan fingerprint density at radius 3 is 2.59 bits per heavy atom. The number of sulfonamides is 1. The summed E-state index contributed by atoms with van der Waals surface area (Å²) in [6.45, 7) is -0.200. The van der Waals surface area contributed by atoms with Crippen molar-refractivity contribution in [1.82, 2.24) is 4.72 Å². The molecule has 0 bridgehead atoms. The Bertz CT molecular complexity index is 493. The molecule has 1 aromatic rings. The van der Waals surface area contributed by atoms with Gasteiger partial charge in [-0.15, -0.1) is 0 Å². The average Bonchev–Trinajstić information content (AvgIpc) is 2.25. The Hall–Kier alpha value is -0.370. The van der Waals surface area contributed by atoms with Gasteiger partial charge >= 0.3 is 0 Å². The maximum Gasteiger partial charge on any atom is 0.242 e. The fourth-order valence-electron chi connectivity index (χ4n) is 1.06. The first-order valence-corrected chi connectivity index (χ1v) is 6.93. The number of nitrogens with one attached hydrogen (secondary N) is 1. The van der Waals surface area contributed by atoms with Crippen molar-refractivity contribution in [1.29, 1.82) is 0 Å². The van der Waals surface area contributed by atoms with Gasteiger partial charge in [0, 0.05) is 18.1 Å². The summed E-state index contributed by atoms with van der Waals surface area (Å²) in [5.41, 5.74) is 5.16. The lowest BCUT2D eigenvalue weighted by molar-refractivity contribution is 0.186. The van der Waals surface area contributed by atoms with E-state index in [1.807, 2.05) is 0 Å². The molecule has 0 saturated heterocycles. The van der Waals surface area contributed by atoms with Crippen molar-refractivity contribution in [2.45, 2.75) is 11.0 Å². The van der Waals surface area contributed by atoms with E-state index in [-0.39, 0.29) is 23.0 Å². The van der Waals surface area contributed by atoms with E-state index in [4.69, 9.17) is 28.9 Å². The predicted octanol–water partition coefficient (Wildman–Crippen LogP) is 0.591. The first kappa shape index (κ1) is 14.7.